The van der Waals surface area contributed by atoms with E-state index in [1.165, 1.54) is 0 Å². The molecule has 0 radical (unpaired) electrons. The molecule has 1 amide bonds. The minimum atomic E-state index is -0.623. The molecular formula is C19H35NO3. The molecule has 1 aliphatic carbocycles. The van der Waals surface area contributed by atoms with Crippen molar-refractivity contribution in [3.8, 4) is 0 Å². The molecule has 0 aliphatic heterocycles. The number of nitrogens with one attached hydrogen (secondary N) is 1. The van der Waals surface area contributed by atoms with Crippen molar-refractivity contribution in [1.29, 1.82) is 0 Å². The molecule has 1 atom stereocenters. The van der Waals surface area contributed by atoms with Gasteiger partial charge in [0.2, 0.25) is 5.91 Å². The lowest BCUT2D eigenvalue weighted by molar-refractivity contribution is -0.134. The fourth-order valence-corrected chi connectivity index (χ4v) is 3.19. The van der Waals surface area contributed by atoms with Crippen molar-refractivity contribution in [3.63, 3.8) is 0 Å². The number of carbonyl (C=O) groups excluding carboxylic acids is 2. The summed E-state index contributed by atoms with van der Waals surface area (Å²) >= 11 is 0. The first-order chi connectivity index (χ1) is 10.4. The van der Waals surface area contributed by atoms with Crippen LogP contribution in [0.4, 0.5) is 0 Å². The van der Waals surface area contributed by atoms with Crippen LogP contribution >= 0.6 is 0 Å². The molecule has 134 valence electrons. The third-order valence-electron chi connectivity index (χ3n) is 5.16. The Kier molecular flexibility index (Phi) is 6.81. The summed E-state index contributed by atoms with van der Waals surface area (Å²) in [6.45, 7) is 12.1. The van der Waals surface area contributed by atoms with Crippen LogP contribution in [0.25, 0.3) is 0 Å². The third kappa shape index (κ3) is 6.25. The van der Waals surface area contributed by atoms with E-state index in [0.717, 1.165) is 25.7 Å². The maximum absolute atomic E-state index is 12.4. The minimum absolute atomic E-state index is 0.0168. The molecule has 0 aromatic rings. The summed E-state index contributed by atoms with van der Waals surface area (Å²) in [4.78, 5) is 24.5. The van der Waals surface area contributed by atoms with Gasteiger partial charge in [-0.2, -0.15) is 0 Å². The summed E-state index contributed by atoms with van der Waals surface area (Å²) < 4.78 is 0. The van der Waals surface area contributed by atoms with E-state index in [4.69, 9.17) is 0 Å². The quantitative estimate of drug-likeness (QED) is 0.815. The molecule has 1 fully saturated rings. The van der Waals surface area contributed by atoms with Crippen LogP contribution in [-0.4, -0.2) is 29.4 Å². The number of hydrogen-bond donors (Lipinski definition) is 2. The van der Waals surface area contributed by atoms with Gasteiger partial charge in [0.05, 0.1) is 12.5 Å². The highest BCUT2D eigenvalue weighted by Gasteiger charge is 2.32. The van der Waals surface area contributed by atoms with Crippen LogP contribution in [0.1, 0.15) is 73.6 Å². The summed E-state index contributed by atoms with van der Waals surface area (Å²) in [7, 11) is 0. The smallest absolute Gasteiger partial charge is 0.226 e. The lowest BCUT2D eigenvalue weighted by atomic mass is 9.71. The van der Waals surface area contributed by atoms with Gasteiger partial charge in [-0.05, 0) is 37.0 Å². The number of Topliss-reactive ketones (excluding diaryl/α,β-unsaturated/α-hetero) is 1. The fourth-order valence-electron chi connectivity index (χ4n) is 3.19. The van der Waals surface area contributed by atoms with E-state index in [1.54, 1.807) is 0 Å². The zero-order valence-corrected chi connectivity index (χ0v) is 15.7. The van der Waals surface area contributed by atoms with E-state index < -0.39 is 11.3 Å². The van der Waals surface area contributed by atoms with Crippen LogP contribution in [0.3, 0.4) is 0 Å². The number of carbonyl (C=O) groups is 2. The van der Waals surface area contributed by atoms with Gasteiger partial charge in [0.1, 0.15) is 5.78 Å². The Bertz CT molecular complexity index is 409. The van der Waals surface area contributed by atoms with Crippen LogP contribution in [0, 0.1) is 22.7 Å². The van der Waals surface area contributed by atoms with Crippen molar-refractivity contribution in [2.75, 3.05) is 6.61 Å². The van der Waals surface area contributed by atoms with Gasteiger partial charge in [-0.15, -0.1) is 0 Å². The molecule has 0 heterocycles. The number of aliphatic hydroxyl groups excluding tert-OH is 1. The highest BCUT2D eigenvalue weighted by molar-refractivity contribution is 5.89. The zero-order valence-electron chi connectivity index (χ0n) is 15.7. The summed E-state index contributed by atoms with van der Waals surface area (Å²) in [5.41, 5.74) is -0.153. The van der Waals surface area contributed by atoms with E-state index in [0.29, 0.717) is 11.3 Å². The molecule has 4 heteroatoms. The summed E-state index contributed by atoms with van der Waals surface area (Å²) in [5, 5.41) is 12.5. The molecule has 0 bridgehead atoms. The van der Waals surface area contributed by atoms with Crippen LogP contribution in [-0.2, 0) is 9.59 Å². The predicted molar refractivity (Wildman–Crippen MR) is 93.0 cm³/mol. The van der Waals surface area contributed by atoms with Crippen LogP contribution in [0.2, 0.25) is 0 Å². The molecule has 23 heavy (non-hydrogen) atoms. The number of rotatable bonds is 5. The second-order valence-electron chi connectivity index (χ2n) is 9.18. The Labute approximate surface area is 141 Å². The molecule has 0 aromatic carbocycles. The standard InChI is InChI=1S/C19H35NO3/c1-18(2,3)14-7-9-15(10-8-14)20-17(23)13(12-21)11-16(22)19(4,5)6/h13-15,21H,7-12H2,1-6H3,(H,20,23). The van der Waals surface area contributed by atoms with Crippen molar-refractivity contribution >= 4 is 11.7 Å². The summed E-state index contributed by atoms with van der Waals surface area (Å²) in [5.74, 6) is -0.0822. The predicted octanol–water partition coefficient (Wildman–Crippen LogP) is 3.32. The van der Waals surface area contributed by atoms with Crippen molar-refractivity contribution < 1.29 is 14.7 Å². The summed E-state index contributed by atoms with van der Waals surface area (Å²) in [6, 6.07) is 0.180. The van der Waals surface area contributed by atoms with Crippen LogP contribution in [0.15, 0.2) is 0 Å². The van der Waals surface area contributed by atoms with Gasteiger partial charge in [0, 0.05) is 17.9 Å². The average molecular weight is 325 g/mol. The Morgan fingerprint density at radius 2 is 1.57 bits per heavy atom. The first kappa shape index (κ1) is 20.1. The van der Waals surface area contributed by atoms with Gasteiger partial charge >= 0.3 is 0 Å². The summed E-state index contributed by atoms with van der Waals surface area (Å²) in [6.07, 6.45) is 4.33. The number of amides is 1. The van der Waals surface area contributed by atoms with Crippen molar-refractivity contribution in [2.24, 2.45) is 22.7 Å². The highest BCUT2D eigenvalue weighted by atomic mass is 16.3. The zero-order chi connectivity index (χ0) is 17.8. The molecule has 1 saturated carbocycles. The maximum Gasteiger partial charge on any atom is 0.226 e. The molecule has 4 nitrogen and oxygen atoms in total. The van der Waals surface area contributed by atoms with E-state index >= 15 is 0 Å². The van der Waals surface area contributed by atoms with Gasteiger partial charge in [-0.25, -0.2) is 0 Å². The second-order valence-corrected chi connectivity index (χ2v) is 9.18. The van der Waals surface area contributed by atoms with Crippen LogP contribution < -0.4 is 5.32 Å². The Morgan fingerprint density at radius 1 is 1.04 bits per heavy atom. The molecule has 0 saturated heterocycles. The van der Waals surface area contributed by atoms with Gasteiger partial charge in [-0.3, -0.25) is 9.59 Å². The minimum Gasteiger partial charge on any atom is -0.396 e. The maximum atomic E-state index is 12.4. The Balaban J connectivity index is 2.50. The number of hydrogen-bond acceptors (Lipinski definition) is 3. The molecule has 1 unspecified atom stereocenters. The lowest BCUT2D eigenvalue weighted by Gasteiger charge is -2.37. The third-order valence-corrected chi connectivity index (χ3v) is 5.16. The molecule has 0 aromatic heterocycles. The topological polar surface area (TPSA) is 66.4 Å². The highest BCUT2D eigenvalue weighted by Crippen LogP contribution is 2.37. The van der Waals surface area contributed by atoms with E-state index in [1.807, 2.05) is 20.8 Å². The molecule has 2 N–H and O–H groups in total. The monoisotopic (exact) mass is 325 g/mol. The largest absolute Gasteiger partial charge is 0.396 e. The van der Waals surface area contributed by atoms with Crippen molar-refractivity contribution in [2.45, 2.75) is 79.7 Å². The first-order valence-corrected chi connectivity index (χ1v) is 8.89. The van der Waals surface area contributed by atoms with Gasteiger partial charge in [0.15, 0.2) is 0 Å². The number of aliphatic hydroxyl groups is 1. The molecule has 1 aliphatic rings. The van der Waals surface area contributed by atoms with Gasteiger partial charge in [0.25, 0.3) is 0 Å². The second kappa shape index (κ2) is 7.78. The van der Waals surface area contributed by atoms with E-state index in [-0.39, 0.29) is 30.8 Å². The first-order valence-electron chi connectivity index (χ1n) is 8.89. The fraction of sp³-hybridized carbons (Fsp3) is 0.895. The molecule has 1 rings (SSSR count). The van der Waals surface area contributed by atoms with E-state index in [2.05, 4.69) is 26.1 Å². The van der Waals surface area contributed by atoms with Crippen molar-refractivity contribution in [1.82, 2.24) is 5.32 Å². The lowest BCUT2D eigenvalue weighted by Crippen LogP contribution is -2.44. The van der Waals surface area contributed by atoms with Crippen molar-refractivity contribution in [3.05, 3.63) is 0 Å². The number of ketones is 1. The molecule has 0 spiro atoms. The normalized spacial score (nSPS) is 24.1. The SMILES string of the molecule is CC(C)(C)C(=O)CC(CO)C(=O)NC1CCC(C(C)(C)C)CC1. The van der Waals surface area contributed by atoms with Gasteiger partial charge in [-0.1, -0.05) is 41.5 Å². The van der Waals surface area contributed by atoms with Crippen LogP contribution in [0.5, 0.6) is 0 Å². The Morgan fingerprint density at radius 3 is 1.96 bits per heavy atom. The molecular weight excluding hydrogens is 290 g/mol. The van der Waals surface area contributed by atoms with Gasteiger partial charge < -0.3 is 10.4 Å². The Hall–Kier alpha value is -0.900. The van der Waals surface area contributed by atoms with E-state index in [9.17, 15) is 14.7 Å². The average Bonchev–Trinajstić information content (AvgIpc) is 2.42.